The summed E-state index contributed by atoms with van der Waals surface area (Å²) in [5.41, 5.74) is 4.32. The summed E-state index contributed by atoms with van der Waals surface area (Å²) in [6.07, 6.45) is 2.42. The monoisotopic (exact) mass is 422 g/mol. The minimum Gasteiger partial charge on any atom is -0.389 e. The van der Waals surface area contributed by atoms with Crippen molar-refractivity contribution in [3.8, 4) is 11.1 Å². The number of carbonyl (C=O) groups excluding carboxylic acids is 1. The summed E-state index contributed by atoms with van der Waals surface area (Å²) in [6.45, 7) is 1.63. The maximum atomic E-state index is 13.9. The van der Waals surface area contributed by atoms with E-state index >= 15 is 0 Å². The zero-order chi connectivity index (χ0) is 21.0. The molecule has 0 radical (unpaired) electrons. The molecule has 2 aromatic carbocycles. The van der Waals surface area contributed by atoms with Gasteiger partial charge in [0.15, 0.2) is 5.65 Å². The average Bonchev–Trinajstić information content (AvgIpc) is 3.33. The highest BCUT2D eigenvalue weighted by atomic mass is 35.5. The standard InChI is InChI=1S/C22H16ClFN4O2/c1-11(29)15-6-13(12-2-5-19-25-10-26-28(19)9-12)7-17-20(15)21(27-22(17)30)16-8-14(24)3-4-18(16)23/h2-11,21,29H,1H3,(H,27,30)/t11-,21+/m0/s1. The van der Waals surface area contributed by atoms with Gasteiger partial charge in [0, 0.05) is 27.9 Å². The van der Waals surface area contributed by atoms with E-state index < -0.39 is 18.0 Å². The molecule has 2 aromatic heterocycles. The Balaban J connectivity index is 1.71. The molecule has 4 aromatic rings. The number of amides is 1. The largest absolute Gasteiger partial charge is 0.389 e. The first kappa shape index (κ1) is 18.7. The van der Waals surface area contributed by atoms with Gasteiger partial charge in [0.1, 0.15) is 12.1 Å². The Hall–Kier alpha value is -3.29. The van der Waals surface area contributed by atoms with Crippen molar-refractivity contribution < 1.29 is 14.3 Å². The van der Waals surface area contributed by atoms with Gasteiger partial charge < -0.3 is 10.4 Å². The van der Waals surface area contributed by atoms with Crippen LogP contribution in [0.5, 0.6) is 0 Å². The Kier molecular flexibility index (Phi) is 4.30. The summed E-state index contributed by atoms with van der Waals surface area (Å²) in [4.78, 5) is 17.0. The Morgan fingerprint density at radius 3 is 2.83 bits per heavy atom. The molecule has 1 aliphatic rings. The van der Waals surface area contributed by atoms with Crippen LogP contribution >= 0.6 is 11.6 Å². The van der Waals surface area contributed by atoms with Crippen LogP contribution < -0.4 is 5.32 Å². The van der Waals surface area contributed by atoms with Gasteiger partial charge in [0.25, 0.3) is 5.91 Å². The van der Waals surface area contributed by atoms with Crippen LogP contribution in [0.3, 0.4) is 0 Å². The zero-order valence-corrected chi connectivity index (χ0v) is 16.6. The topological polar surface area (TPSA) is 79.5 Å². The molecular weight excluding hydrogens is 407 g/mol. The van der Waals surface area contributed by atoms with E-state index in [0.29, 0.717) is 32.9 Å². The number of pyridine rings is 1. The van der Waals surface area contributed by atoms with E-state index in [9.17, 15) is 14.3 Å². The maximum Gasteiger partial charge on any atom is 0.252 e. The van der Waals surface area contributed by atoms with Crippen molar-refractivity contribution in [2.75, 3.05) is 0 Å². The second-order valence-corrected chi connectivity index (χ2v) is 7.66. The molecule has 2 atom stereocenters. The fourth-order valence-corrected chi connectivity index (χ4v) is 4.16. The highest BCUT2D eigenvalue weighted by Gasteiger charge is 2.35. The molecule has 150 valence electrons. The van der Waals surface area contributed by atoms with E-state index in [0.717, 1.165) is 11.1 Å². The summed E-state index contributed by atoms with van der Waals surface area (Å²) >= 11 is 6.30. The van der Waals surface area contributed by atoms with E-state index in [1.807, 2.05) is 24.4 Å². The molecule has 5 rings (SSSR count). The van der Waals surface area contributed by atoms with Crippen molar-refractivity contribution in [1.29, 1.82) is 0 Å². The van der Waals surface area contributed by atoms with Gasteiger partial charge >= 0.3 is 0 Å². The number of nitrogens with one attached hydrogen (secondary N) is 1. The molecule has 0 fully saturated rings. The lowest BCUT2D eigenvalue weighted by Crippen LogP contribution is -2.20. The minimum absolute atomic E-state index is 0.305. The van der Waals surface area contributed by atoms with Crippen LogP contribution in [-0.2, 0) is 0 Å². The van der Waals surface area contributed by atoms with E-state index in [1.54, 1.807) is 17.5 Å². The summed E-state index contributed by atoms with van der Waals surface area (Å²) in [7, 11) is 0. The molecule has 2 N–H and O–H groups in total. The molecule has 8 heteroatoms. The van der Waals surface area contributed by atoms with Crippen LogP contribution in [0.25, 0.3) is 16.8 Å². The van der Waals surface area contributed by atoms with Gasteiger partial charge in [-0.25, -0.2) is 13.9 Å². The van der Waals surface area contributed by atoms with Crippen molar-refractivity contribution in [2.24, 2.45) is 0 Å². The lowest BCUT2D eigenvalue weighted by atomic mass is 9.88. The molecule has 0 saturated heterocycles. The Bertz CT molecular complexity index is 1320. The fourth-order valence-electron chi connectivity index (χ4n) is 3.94. The SMILES string of the molecule is C[C@H](O)c1cc(-c2ccc3ncnn3c2)cc2c1[C@@H](c1cc(F)ccc1Cl)NC2=O. The number of rotatable bonds is 3. The molecule has 1 amide bonds. The van der Waals surface area contributed by atoms with Crippen LogP contribution in [0.1, 0.15) is 46.1 Å². The number of fused-ring (bicyclic) bond motifs is 2. The summed E-state index contributed by atoms with van der Waals surface area (Å²) in [6, 6.07) is 10.7. The number of aliphatic hydroxyl groups excluding tert-OH is 1. The van der Waals surface area contributed by atoms with Gasteiger partial charge in [-0.15, -0.1) is 0 Å². The first-order valence-electron chi connectivity index (χ1n) is 9.34. The molecule has 30 heavy (non-hydrogen) atoms. The Morgan fingerprint density at radius 2 is 2.03 bits per heavy atom. The van der Waals surface area contributed by atoms with Gasteiger partial charge in [0.05, 0.1) is 12.1 Å². The summed E-state index contributed by atoms with van der Waals surface area (Å²) in [5, 5.41) is 17.9. The van der Waals surface area contributed by atoms with Crippen molar-refractivity contribution in [1.82, 2.24) is 19.9 Å². The number of carbonyl (C=O) groups is 1. The van der Waals surface area contributed by atoms with Gasteiger partial charge in [-0.2, -0.15) is 5.10 Å². The number of hydrogen-bond acceptors (Lipinski definition) is 4. The Morgan fingerprint density at radius 1 is 1.20 bits per heavy atom. The van der Waals surface area contributed by atoms with Crippen molar-refractivity contribution in [3.63, 3.8) is 0 Å². The van der Waals surface area contributed by atoms with E-state index in [1.165, 1.54) is 24.5 Å². The third-order valence-corrected chi connectivity index (χ3v) is 5.69. The minimum atomic E-state index is -0.851. The number of nitrogens with zero attached hydrogens (tertiary/aromatic N) is 3. The fraction of sp³-hybridized carbons (Fsp3) is 0.136. The third kappa shape index (κ3) is 2.94. The quantitative estimate of drug-likeness (QED) is 0.521. The molecule has 0 bridgehead atoms. The van der Waals surface area contributed by atoms with E-state index in [-0.39, 0.29) is 5.91 Å². The number of aliphatic hydroxyl groups is 1. The normalized spacial score (nSPS) is 16.5. The molecule has 0 aliphatic carbocycles. The predicted molar refractivity (Wildman–Crippen MR) is 110 cm³/mol. The summed E-state index contributed by atoms with van der Waals surface area (Å²) < 4.78 is 15.5. The average molecular weight is 423 g/mol. The van der Waals surface area contributed by atoms with Crippen LogP contribution in [-0.4, -0.2) is 25.6 Å². The second-order valence-electron chi connectivity index (χ2n) is 7.26. The molecule has 0 unspecified atom stereocenters. The lowest BCUT2D eigenvalue weighted by molar-refractivity contribution is 0.0960. The van der Waals surface area contributed by atoms with Crippen molar-refractivity contribution in [3.05, 3.63) is 88.1 Å². The molecule has 1 aliphatic heterocycles. The smallest absolute Gasteiger partial charge is 0.252 e. The summed E-state index contributed by atoms with van der Waals surface area (Å²) in [5.74, 6) is -0.755. The molecule has 6 nitrogen and oxygen atoms in total. The van der Waals surface area contributed by atoms with Crippen LogP contribution in [0.2, 0.25) is 5.02 Å². The van der Waals surface area contributed by atoms with Crippen LogP contribution in [0.4, 0.5) is 4.39 Å². The molecule has 0 saturated carbocycles. The highest BCUT2D eigenvalue weighted by Crippen LogP contribution is 2.41. The zero-order valence-electron chi connectivity index (χ0n) is 15.8. The van der Waals surface area contributed by atoms with Gasteiger partial charge in [0.2, 0.25) is 0 Å². The van der Waals surface area contributed by atoms with Crippen molar-refractivity contribution >= 4 is 23.2 Å². The van der Waals surface area contributed by atoms with Gasteiger partial charge in [-0.05, 0) is 66.1 Å². The van der Waals surface area contributed by atoms with E-state index in [4.69, 9.17) is 11.6 Å². The number of benzene rings is 2. The van der Waals surface area contributed by atoms with Crippen LogP contribution in [0, 0.1) is 5.82 Å². The predicted octanol–water partition coefficient (Wildman–Crippen LogP) is 4.07. The van der Waals surface area contributed by atoms with E-state index in [2.05, 4.69) is 15.4 Å². The number of halogens is 2. The van der Waals surface area contributed by atoms with Crippen LogP contribution in [0.15, 0.2) is 55.0 Å². The first-order chi connectivity index (χ1) is 14.4. The van der Waals surface area contributed by atoms with Gasteiger partial charge in [-0.3, -0.25) is 4.79 Å². The van der Waals surface area contributed by atoms with Gasteiger partial charge in [-0.1, -0.05) is 11.6 Å². The molecular formula is C22H16ClFN4O2. The number of hydrogen-bond donors (Lipinski definition) is 2. The Labute approximate surface area is 175 Å². The number of aromatic nitrogens is 3. The molecule has 3 heterocycles. The second kappa shape index (κ2) is 6.90. The molecule has 0 spiro atoms. The first-order valence-corrected chi connectivity index (χ1v) is 9.71. The highest BCUT2D eigenvalue weighted by molar-refractivity contribution is 6.31. The lowest BCUT2D eigenvalue weighted by Gasteiger charge is -2.20. The maximum absolute atomic E-state index is 13.9. The van der Waals surface area contributed by atoms with Crippen molar-refractivity contribution in [2.45, 2.75) is 19.1 Å². The third-order valence-electron chi connectivity index (χ3n) is 5.35.